The number of hydrogen-bond acceptors (Lipinski definition) is 2. The number of hydrogen-bond donors (Lipinski definition) is 2. The summed E-state index contributed by atoms with van der Waals surface area (Å²) in [6, 6.07) is 13.0. The van der Waals surface area contributed by atoms with Crippen molar-refractivity contribution in [1.82, 2.24) is 0 Å². The van der Waals surface area contributed by atoms with E-state index in [0.717, 1.165) is 22.3 Å². The maximum atomic E-state index is 11.3. The zero-order chi connectivity index (χ0) is 14.7. The number of aromatic carboxylic acids is 1. The van der Waals surface area contributed by atoms with E-state index in [1.54, 1.807) is 25.1 Å². The van der Waals surface area contributed by atoms with Gasteiger partial charge in [0, 0.05) is 0 Å². The second-order valence-electron chi connectivity index (χ2n) is 5.06. The molecule has 2 rings (SSSR count). The van der Waals surface area contributed by atoms with E-state index in [1.165, 1.54) is 0 Å². The summed E-state index contributed by atoms with van der Waals surface area (Å²) in [4.78, 5) is 11.3. The van der Waals surface area contributed by atoms with E-state index < -0.39 is 12.1 Å². The summed E-state index contributed by atoms with van der Waals surface area (Å²) in [7, 11) is 0. The third kappa shape index (κ3) is 3.25. The van der Waals surface area contributed by atoms with Gasteiger partial charge in [-0.3, -0.25) is 0 Å². The average Bonchev–Trinajstić information content (AvgIpc) is 2.38. The lowest BCUT2D eigenvalue weighted by atomic mass is 9.95. The van der Waals surface area contributed by atoms with Gasteiger partial charge < -0.3 is 10.2 Å². The number of rotatable bonds is 4. The predicted molar refractivity (Wildman–Crippen MR) is 78.0 cm³/mol. The molecule has 0 bridgehead atoms. The second kappa shape index (κ2) is 5.88. The summed E-state index contributed by atoms with van der Waals surface area (Å²) in [6.45, 7) is 3.68. The monoisotopic (exact) mass is 270 g/mol. The third-order valence-corrected chi connectivity index (χ3v) is 3.32. The van der Waals surface area contributed by atoms with Crippen molar-refractivity contribution in [2.24, 2.45) is 0 Å². The highest BCUT2D eigenvalue weighted by Gasteiger charge is 2.13. The van der Waals surface area contributed by atoms with Crippen molar-refractivity contribution in [3.8, 4) is 0 Å². The predicted octanol–water partition coefficient (Wildman–Crippen LogP) is 3.34. The summed E-state index contributed by atoms with van der Waals surface area (Å²) in [5, 5.41) is 18.9. The second-order valence-corrected chi connectivity index (χ2v) is 5.06. The molecular formula is C17H18O3. The molecule has 0 radical (unpaired) electrons. The molecule has 2 aromatic rings. The molecule has 3 heteroatoms. The molecule has 2 N–H and O–H groups in total. The smallest absolute Gasteiger partial charge is 0.335 e. The Kier molecular flexibility index (Phi) is 4.20. The fourth-order valence-corrected chi connectivity index (χ4v) is 2.27. The molecule has 0 saturated heterocycles. The first-order valence-electron chi connectivity index (χ1n) is 6.57. The highest BCUT2D eigenvalue weighted by atomic mass is 16.4. The first kappa shape index (κ1) is 14.3. The van der Waals surface area contributed by atoms with E-state index in [-0.39, 0.29) is 5.56 Å². The number of aliphatic hydroxyl groups is 1. The summed E-state index contributed by atoms with van der Waals surface area (Å²) in [5.41, 5.74) is 3.95. The number of benzene rings is 2. The van der Waals surface area contributed by atoms with Crippen molar-refractivity contribution in [3.05, 3.63) is 70.3 Å². The van der Waals surface area contributed by atoms with Crippen molar-refractivity contribution >= 4 is 5.97 Å². The maximum Gasteiger partial charge on any atom is 0.335 e. The first-order chi connectivity index (χ1) is 9.47. The van der Waals surface area contributed by atoms with Crippen LogP contribution in [0.5, 0.6) is 0 Å². The topological polar surface area (TPSA) is 57.5 Å². The Morgan fingerprint density at radius 2 is 1.95 bits per heavy atom. The Labute approximate surface area is 118 Å². The lowest BCUT2D eigenvalue weighted by molar-refractivity contribution is 0.0695. The van der Waals surface area contributed by atoms with Crippen molar-refractivity contribution in [1.29, 1.82) is 0 Å². The van der Waals surface area contributed by atoms with Crippen molar-refractivity contribution in [2.45, 2.75) is 26.4 Å². The van der Waals surface area contributed by atoms with E-state index >= 15 is 0 Å². The van der Waals surface area contributed by atoms with Crippen LogP contribution in [0.1, 0.15) is 45.6 Å². The van der Waals surface area contributed by atoms with Gasteiger partial charge in [0.2, 0.25) is 0 Å². The summed E-state index contributed by atoms with van der Waals surface area (Å²) in [6.07, 6.45) is -0.0572. The molecule has 0 aliphatic carbocycles. The zero-order valence-electron chi connectivity index (χ0n) is 11.6. The van der Waals surface area contributed by atoms with Gasteiger partial charge >= 0.3 is 5.97 Å². The van der Waals surface area contributed by atoms with E-state index in [9.17, 15) is 15.0 Å². The summed E-state index contributed by atoms with van der Waals surface area (Å²) < 4.78 is 0. The number of aliphatic hydroxyl groups excluding tert-OH is 1. The van der Waals surface area contributed by atoms with Gasteiger partial charge in [-0.05, 0) is 43.0 Å². The Balaban J connectivity index is 2.42. The number of carboxylic acids is 1. The normalized spacial score (nSPS) is 12.2. The molecule has 0 aliphatic rings. The average molecular weight is 270 g/mol. The largest absolute Gasteiger partial charge is 0.478 e. The number of carbonyl (C=O) groups is 1. The standard InChI is InChI=1S/C17H18O3/c1-11-4-3-5-13(8-11)9-15-10-14(12(2)18)6-7-16(15)17(19)20/h3-8,10,12,18H,9H2,1-2H3,(H,19,20)/t12-/m0/s1. The van der Waals surface area contributed by atoms with Gasteiger partial charge in [-0.15, -0.1) is 0 Å². The molecular weight excluding hydrogens is 252 g/mol. The molecule has 20 heavy (non-hydrogen) atoms. The van der Waals surface area contributed by atoms with Crippen LogP contribution >= 0.6 is 0 Å². The lowest BCUT2D eigenvalue weighted by Crippen LogP contribution is -2.05. The van der Waals surface area contributed by atoms with E-state index in [2.05, 4.69) is 0 Å². The fraction of sp³-hybridized carbons (Fsp3) is 0.235. The highest BCUT2D eigenvalue weighted by molar-refractivity contribution is 5.89. The van der Waals surface area contributed by atoms with Crippen LogP contribution in [0.15, 0.2) is 42.5 Å². The Morgan fingerprint density at radius 1 is 1.20 bits per heavy atom. The molecule has 0 fully saturated rings. The molecule has 3 nitrogen and oxygen atoms in total. The Morgan fingerprint density at radius 3 is 2.55 bits per heavy atom. The Bertz CT molecular complexity index is 630. The molecule has 2 aromatic carbocycles. The van der Waals surface area contributed by atoms with E-state index in [1.807, 2.05) is 31.2 Å². The molecule has 1 atom stereocenters. The van der Waals surface area contributed by atoms with Crippen molar-refractivity contribution in [3.63, 3.8) is 0 Å². The van der Waals surface area contributed by atoms with Crippen LogP contribution < -0.4 is 0 Å². The molecule has 0 amide bonds. The Hall–Kier alpha value is -2.13. The molecule has 104 valence electrons. The first-order valence-corrected chi connectivity index (χ1v) is 6.57. The SMILES string of the molecule is Cc1cccc(Cc2cc([C@H](C)O)ccc2C(=O)O)c1. The quantitative estimate of drug-likeness (QED) is 0.895. The molecule has 0 spiro atoms. The minimum absolute atomic E-state index is 0.288. The van der Waals surface area contributed by atoms with Crippen LogP contribution in [0, 0.1) is 6.92 Å². The van der Waals surface area contributed by atoms with Crippen LogP contribution in [0.2, 0.25) is 0 Å². The molecule has 0 saturated carbocycles. The van der Waals surface area contributed by atoms with E-state index in [4.69, 9.17) is 0 Å². The minimum atomic E-state index is -0.940. The van der Waals surface area contributed by atoms with Gasteiger partial charge in [-0.25, -0.2) is 4.79 Å². The van der Waals surface area contributed by atoms with E-state index in [0.29, 0.717) is 6.42 Å². The maximum absolute atomic E-state index is 11.3. The fourth-order valence-electron chi connectivity index (χ4n) is 2.27. The minimum Gasteiger partial charge on any atom is -0.478 e. The highest BCUT2D eigenvalue weighted by Crippen LogP contribution is 2.21. The lowest BCUT2D eigenvalue weighted by Gasteiger charge is -2.11. The van der Waals surface area contributed by atoms with Crippen molar-refractivity contribution in [2.75, 3.05) is 0 Å². The molecule has 0 aliphatic heterocycles. The molecule has 0 unspecified atom stereocenters. The summed E-state index contributed by atoms with van der Waals surface area (Å²) in [5.74, 6) is -0.940. The van der Waals surface area contributed by atoms with Gasteiger partial charge in [-0.2, -0.15) is 0 Å². The third-order valence-electron chi connectivity index (χ3n) is 3.32. The van der Waals surface area contributed by atoms with Crippen molar-refractivity contribution < 1.29 is 15.0 Å². The van der Waals surface area contributed by atoms with Gasteiger partial charge in [0.15, 0.2) is 0 Å². The zero-order valence-corrected chi connectivity index (χ0v) is 11.6. The van der Waals surface area contributed by atoms with Gasteiger partial charge in [0.1, 0.15) is 0 Å². The van der Waals surface area contributed by atoms with Crippen LogP contribution in [0.4, 0.5) is 0 Å². The van der Waals surface area contributed by atoms with Crippen LogP contribution in [-0.4, -0.2) is 16.2 Å². The number of aryl methyl sites for hydroxylation is 1. The van der Waals surface area contributed by atoms with Crippen LogP contribution in [0.3, 0.4) is 0 Å². The van der Waals surface area contributed by atoms with Crippen LogP contribution in [0.25, 0.3) is 0 Å². The van der Waals surface area contributed by atoms with Gasteiger partial charge in [0.05, 0.1) is 11.7 Å². The molecule has 0 heterocycles. The summed E-state index contributed by atoms with van der Waals surface area (Å²) >= 11 is 0. The molecule has 0 aromatic heterocycles. The number of carboxylic acid groups (broad SMARTS) is 1. The van der Waals surface area contributed by atoms with Crippen LogP contribution in [-0.2, 0) is 6.42 Å². The van der Waals surface area contributed by atoms with Gasteiger partial charge in [-0.1, -0.05) is 42.0 Å². The van der Waals surface area contributed by atoms with Gasteiger partial charge in [0.25, 0.3) is 0 Å².